The predicted octanol–water partition coefficient (Wildman–Crippen LogP) is 2.48. The number of benzene rings is 1. The number of rotatable bonds is 7. The van der Waals surface area contributed by atoms with E-state index in [-0.39, 0.29) is 24.6 Å². The number of hydrogen-bond acceptors (Lipinski definition) is 4. The van der Waals surface area contributed by atoms with E-state index in [1.54, 1.807) is 18.2 Å². The summed E-state index contributed by atoms with van der Waals surface area (Å²) in [5.41, 5.74) is 0.994. The lowest BCUT2D eigenvalue weighted by Crippen LogP contribution is -2.36. The SMILES string of the molecule is O=C(NCCO)/C(=C\C=C/c1ccccc1)NC(=O)c1ccc(Br)o1. The lowest BCUT2D eigenvalue weighted by Gasteiger charge is -2.08. The summed E-state index contributed by atoms with van der Waals surface area (Å²) in [6, 6.07) is 12.6. The Morgan fingerprint density at radius 3 is 2.56 bits per heavy atom. The number of carbonyl (C=O) groups is 2. The van der Waals surface area contributed by atoms with Gasteiger partial charge in [-0.25, -0.2) is 0 Å². The second kappa shape index (κ2) is 9.61. The van der Waals surface area contributed by atoms with Gasteiger partial charge in [-0.05, 0) is 39.7 Å². The summed E-state index contributed by atoms with van der Waals surface area (Å²) in [6.45, 7) is -0.112. The van der Waals surface area contributed by atoms with Crippen molar-refractivity contribution in [2.75, 3.05) is 13.2 Å². The van der Waals surface area contributed by atoms with Crippen molar-refractivity contribution >= 4 is 33.8 Å². The Morgan fingerprint density at radius 2 is 1.92 bits per heavy atom. The molecule has 3 N–H and O–H groups in total. The van der Waals surface area contributed by atoms with E-state index in [9.17, 15) is 9.59 Å². The first kappa shape index (κ1) is 18.7. The van der Waals surface area contributed by atoms with E-state index in [1.165, 1.54) is 12.1 Å². The molecule has 0 spiro atoms. The highest BCUT2D eigenvalue weighted by atomic mass is 79.9. The van der Waals surface area contributed by atoms with E-state index in [0.717, 1.165) is 5.56 Å². The van der Waals surface area contributed by atoms with Crippen LogP contribution in [-0.2, 0) is 4.79 Å². The molecule has 0 fully saturated rings. The van der Waals surface area contributed by atoms with Crippen molar-refractivity contribution in [3.8, 4) is 0 Å². The fourth-order valence-corrected chi connectivity index (χ4v) is 2.19. The van der Waals surface area contributed by atoms with Gasteiger partial charge < -0.3 is 20.2 Å². The molecule has 1 aromatic heterocycles. The van der Waals surface area contributed by atoms with Crippen LogP contribution in [0.5, 0.6) is 0 Å². The molecule has 0 unspecified atom stereocenters. The summed E-state index contributed by atoms with van der Waals surface area (Å²) in [4.78, 5) is 24.3. The molecule has 0 saturated carbocycles. The molecule has 25 heavy (non-hydrogen) atoms. The summed E-state index contributed by atoms with van der Waals surface area (Å²) in [5.74, 6) is -0.991. The largest absolute Gasteiger partial charge is 0.444 e. The summed E-state index contributed by atoms with van der Waals surface area (Å²) in [7, 11) is 0. The third-order valence-corrected chi connectivity index (χ3v) is 3.46. The Balaban J connectivity index is 2.14. The quantitative estimate of drug-likeness (QED) is 0.488. The van der Waals surface area contributed by atoms with Crippen LogP contribution in [0.1, 0.15) is 16.1 Å². The molecule has 2 aromatic rings. The highest BCUT2D eigenvalue weighted by Gasteiger charge is 2.16. The first-order valence-electron chi connectivity index (χ1n) is 7.49. The molecule has 0 aliphatic carbocycles. The standard InChI is InChI=1S/C18H17BrN2O4/c19-16-10-9-15(25-16)18(24)21-14(17(23)20-11-12-22)8-4-7-13-5-2-1-3-6-13/h1-10,22H,11-12H2,(H,20,23)(H,21,24)/b7-4-,14-8+. The lowest BCUT2D eigenvalue weighted by molar-refractivity contribution is -0.117. The summed E-state index contributed by atoms with van der Waals surface area (Å²) < 4.78 is 5.58. The van der Waals surface area contributed by atoms with E-state index in [4.69, 9.17) is 9.52 Å². The second-order valence-electron chi connectivity index (χ2n) is 4.89. The van der Waals surface area contributed by atoms with Crippen molar-refractivity contribution in [3.05, 3.63) is 76.3 Å². The number of halogens is 1. The van der Waals surface area contributed by atoms with Gasteiger partial charge in [-0.3, -0.25) is 9.59 Å². The van der Waals surface area contributed by atoms with Gasteiger partial charge >= 0.3 is 0 Å². The molecule has 2 rings (SSSR count). The van der Waals surface area contributed by atoms with Crippen molar-refractivity contribution in [1.29, 1.82) is 0 Å². The Bertz CT molecular complexity index is 781. The van der Waals surface area contributed by atoms with Gasteiger partial charge in [0.2, 0.25) is 0 Å². The van der Waals surface area contributed by atoms with Gasteiger partial charge in [-0.2, -0.15) is 0 Å². The maximum Gasteiger partial charge on any atom is 0.291 e. The van der Waals surface area contributed by atoms with E-state index in [1.807, 2.05) is 30.3 Å². The minimum absolute atomic E-state index is 0.0400. The average Bonchev–Trinajstić information content (AvgIpc) is 3.06. The molecule has 0 atom stereocenters. The normalized spacial score (nSPS) is 11.5. The zero-order chi connectivity index (χ0) is 18.1. The number of amides is 2. The predicted molar refractivity (Wildman–Crippen MR) is 97.5 cm³/mol. The van der Waals surface area contributed by atoms with E-state index >= 15 is 0 Å². The second-order valence-corrected chi connectivity index (χ2v) is 5.67. The molecule has 1 aromatic carbocycles. The van der Waals surface area contributed by atoms with Crippen LogP contribution >= 0.6 is 15.9 Å². The number of furan rings is 1. The Kier molecular flexibility index (Phi) is 7.18. The molecule has 0 saturated heterocycles. The van der Waals surface area contributed by atoms with Gasteiger partial charge in [0.05, 0.1) is 6.61 Å². The molecule has 0 radical (unpaired) electrons. The zero-order valence-corrected chi connectivity index (χ0v) is 14.8. The summed E-state index contributed by atoms with van der Waals surface area (Å²) in [6.07, 6.45) is 4.94. The van der Waals surface area contributed by atoms with Crippen LogP contribution < -0.4 is 10.6 Å². The topological polar surface area (TPSA) is 91.6 Å². The first-order chi connectivity index (χ1) is 12.1. The highest BCUT2D eigenvalue weighted by molar-refractivity contribution is 9.10. The fourth-order valence-electron chi connectivity index (χ4n) is 1.88. The van der Waals surface area contributed by atoms with Crippen LogP contribution in [0.2, 0.25) is 0 Å². The molecule has 6 nitrogen and oxygen atoms in total. The van der Waals surface area contributed by atoms with Crippen LogP contribution in [0.3, 0.4) is 0 Å². The molecular formula is C18H17BrN2O4. The third kappa shape index (κ3) is 6.06. The van der Waals surface area contributed by atoms with Crippen LogP contribution in [-0.4, -0.2) is 30.1 Å². The molecule has 0 aliphatic rings. The molecular weight excluding hydrogens is 388 g/mol. The van der Waals surface area contributed by atoms with Crippen molar-refractivity contribution in [3.63, 3.8) is 0 Å². The van der Waals surface area contributed by atoms with Crippen LogP contribution in [0, 0.1) is 0 Å². The molecule has 0 bridgehead atoms. The maximum absolute atomic E-state index is 12.2. The van der Waals surface area contributed by atoms with E-state index < -0.39 is 11.8 Å². The fraction of sp³-hybridized carbons (Fsp3) is 0.111. The number of hydrogen-bond donors (Lipinski definition) is 3. The minimum atomic E-state index is -0.552. The van der Waals surface area contributed by atoms with Gasteiger partial charge in [0, 0.05) is 6.54 Å². The van der Waals surface area contributed by atoms with Gasteiger partial charge in [-0.15, -0.1) is 0 Å². The Labute approximate surface area is 153 Å². The van der Waals surface area contributed by atoms with Gasteiger partial charge in [0.1, 0.15) is 5.70 Å². The first-order valence-corrected chi connectivity index (χ1v) is 8.28. The van der Waals surface area contributed by atoms with Crippen LogP contribution in [0.25, 0.3) is 6.08 Å². The van der Waals surface area contributed by atoms with Gasteiger partial charge in [0.25, 0.3) is 11.8 Å². The smallest absolute Gasteiger partial charge is 0.291 e. The zero-order valence-electron chi connectivity index (χ0n) is 13.2. The highest BCUT2D eigenvalue weighted by Crippen LogP contribution is 2.14. The van der Waals surface area contributed by atoms with Crippen molar-refractivity contribution < 1.29 is 19.1 Å². The number of nitrogens with one attached hydrogen (secondary N) is 2. The molecule has 130 valence electrons. The number of carbonyl (C=O) groups excluding carboxylic acids is 2. The molecule has 7 heteroatoms. The summed E-state index contributed by atoms with van der Waals surface area (Å²) in [5, 5.41) is 13.8. The van der Waals surface area contributed by atoms with E-state index in [0.29, 0.717) is 4.67 Å². The monoisotopic (exact) mass is 404 g/mol. The average molecular weight is 405 g/mol. The molecule has 1 heterocycles. The van der Waals surface area contributed by atoms with Gasteiger partial charge in [0.15, 0.2) is 10.4 Å². The van der Waals surface area contributed by atoms with Crippen molar-refractivity contribution in [1.82, 2.24) is 10.6 Å². The minimum Gasteiger partial charge on any atom is -0.444 e. The number of aliphatic hydroxyl groups is 1. The van der Waals surface area contributed by atoms with E-state index in [2.05, 4.69) is 26.6 Å². The van der Waals surface area contributed by atoms with Gasteiger partial charge in [-0.1, -0.05) is 42.5 Å². The molecule has 0 aliphatic heterocycles. The van der Waals surface area contributed by atoms with Crippen LogP contribution in [0.15, 0.2) is 69.4 Å². The van der Waals surface area contributed by atoms with Crippen molar-refractivity contribution in [2.45, 2.75) is 0 Å². The maximum atomic E-state index is 12.2. The lowest BCUT2D eigenvalue weighted by atomic mass is 10.2. The number of aliphatic hydroxyl groups excluding tert-OH is 1. The summed E-state index contributed by atoms with van der Waals surface area (Å²) >= 11 is 3.12. The Morgan fingerprint density at radius 1 is 1.16 bits per heavy atom. The van der Waals surface area contributed by atoms with Crippen molar-refractivity contribution in [2.24, 2.45) is 0 Å². The number of allylic oxidation sites excluding steroid dienone is 2. The molecule has 2 amide bonds. The third-order valence-electron chi connectivity index (χ3n) is 3.04. The van der Waals surface area contributed by atoms with Crippen LogP contribution in [0.4, 0.5) is 0 Å². The Hall–Kier alpha value is -2.64.